The number of halogens is 2. The Balaban J connectivity index is 2.61. The van der Waals surface area contributed by atoms with Gasteiger partial charge in [0.1, 0.15) is 5.82 Å². The molecule has 0 aliphatic carbocycles. The Morgan fingerprint density at radius 3 is 2.61 bits per heavy atom. The highest BCUT2D eigenvalue weighted by atomic mass is 35.5. The van der Waals surface area contributed by atoms with Crippen molar-refractivity contribution in [3.8, 4) is 0 Å². The zero-order valence-electron chi connectivity index (χ0n) is 11.7. The summed E-state index contributed by atoms with van der Waals surface area (Å²) in [6.07, 6.45) is 0.685. The monoisotopic (exact) mass is 271 g/mol. The van der Waals surface area contributed by atoms with Crippen molar-refractivity contribution in [2.75, 3.05) is 13.1 Å². The second-order valence-corrected chi connectivity index (χ2v) is 6.49. The fraction of sp³-hybridized carbons (Fsp3) is 0.600. The number of hydrogen-bond acceptors (Lipinski definition) is 1. The molecule has 0 radical (unpaired) electrons. The van der Waals surface area contributed by atoms with Crippen molar-refractivity contribution in [1.29, 1.82) is 0 Å². The minimum atomic E-state index is -0.281. The second kappa shape index (κ2) is 6.53. The van der Waals surface area contributed by atoms with Gasteiger partial charge in [0.25, 0.3) is 0 Å². The van der Waals surface area contributed by atoms with Crippen LogP contribution in [0.4, 0.5) is 4.39 Å². The second-order valence-electron chi connectivity index (χ2n) is 6.08. The normalized spacial score (nSPS) is 12.2. The van der Waals surface area contributed by atoms with Crippen LogP contribution in [0.5, 0.6) is 0 Å². The van der Waals surface area contributed by atoms with Crippen molar-refractivity contribution in [2.24, 2.45) is 11.3 Å². The lowest BCUT2D eigenvalue weighted by Crippen LogP contribution is -2.33. The van der Waals surface area contributed by atoms with E-state index in [4.69, 9.17) is 11.6 Å². The van der Waals surface area contributed by atoms with Gasteiger partial charge in [-0.2, -0.15) is 0 Å². The Kier molecular flexibility index (Phi) is 5.61. The summed E-state index contributed by atoms with van der Waals surface area (Å²) in [4.78, 5) is 0. The third kappa shape index (κ3) is 4.95. The van der Waals surface area contributed by atoms with Crippen LogP contribution in [-0.4, -0.2) is 13.1 Å². The molecule has 1 aromatic rings. The Morgan fingerprint density at radius 2 is 2.00 bits per heavy atom. The predicted octanol–water partition coefficient (Wildman–Crippen LogP) is 4.29. The van der Waals surface area contributed by atoms with E-state index in [-0.39, 0.29) is 16.3 Å². The van der Waals surface area contributed by atoms with Crippen LogP contribution in [0.25, 0.3) is 0 Å². The topological polar surface area (TPSA) is 12.0 Å². The zero-order chi connectivity index (χ0) is 13.8. The summed E-state index contributed by atoms with van der Waals surface area (Å²) >= 11 is 5.80. The summed E-state index contributed by atoms with van der Waals surface area (Å²) in [5, 5.41) is 3.63. The van der Waals surface area contributed by atoms with Crippen LogP contribution < -0.4 is 5.32 Å². The lowest BCUT2D eigenvalue weighted by Gasteiger charge is -2.26. The number of rotatable bonds is 6. The third-order valence-electron chi connectivity index (χ3n) is 2.86. The van der Waals surface area contributed by atoms with Crippen molar-refractivity contribution < 1.29 is 4.39 Å². The molecule has 0 fully saturated rings. The van der Waals surface area contributed by atoms with Gasteiger partial charge >= 0.3 is 0 Å². The van der Waals surface area contributed by atoms with E-state index in [2.05, 4.69) is 33.0 Å². The number of hydrogen-bond donors (Lipinski definition) is 1. The quantitative estimate of drug-likeness (QED) is 0.814. The Labute approximate surface area is 115 Å². The average Bonchev–Trinajstić information content (AvgIpc) is 2.23. The van der Waals surface area contributed by atoms with Gasteiger partial charge in [-0.25, -0.2) is 4.39 Å². The van der Waals surface area contributed by atoms with Crippen molar-refractivity contribution in [1.82, 2.24) is 5.32 Å². The molecule has 1 aromatic carbocycles. The first-order valence-electron chi connectivity index (χ1n) is 6.45. The molecule has 1 N–H and O–H groups in total. The van der Waals surface area contributed by atoms with E-state index in [1.807, 2.05) is 6.07 Å². The number of nitrogens with one attached hydrogen (secondary N) is 1. The van der Waals surface area contributed by atoms with Gasteiger partial charge in [0.15, 0.2) is 0 Å². The molecule has 1 rings (SSSR count). The first kappa shape index (κ1) is 15.5. The van der Waals surface area contributed by atoms with Crippen LogP contribution in [0.1, 0.15) is 33.3 Å². The maximum Gasteiger partial charge on any atom is 0.144 e. The van der Waals surface area contributed by atoms with Gasteiger partial charge in [-0.1, -0.05) is 51.4 Å². The minimum absolute atomic E-state index is 0.0143. The predicted molar refractivity (Wildman–Crippen MR) is 76.6 cm³/mol. The molecular weight excluding hydrogens is 249 g/mol. The molecule has 0 saturated heterocycles. The largest absolute Gasteiger partial charge is 0.316 e. The lowest BCUT2D eigenvalue weighted by molar-refractivity contribution is 0.326. The molecule has 0 amide bonds. The van der Waals surface area contributed by atoms with Gasteiger partial charge in [-0.15, -0.1) is 0 Å². The third-order valence-corrected chi connectivity index (χ3v) is 3.15. The van der Waals surface area contributed by atoms with Gasteiger partial charge in [-0.3, -0.25) is 0 Å². The highest BCUT2D eigenvalue weighted by molar-refractivity contribution is 6.30. The molecule has 1 nitrogen and oxygen atoms in total. The van der Waals surface area contributed by atoms with E-state index < -0.39 is 0 Å². The van der Waals surface area contributed by atoms with Crippen LogP contribution in [0.2, 0.25) is 5.02 Å². The minimum Gasteiger partial charge on any atom is -0.316 e. The smallest absolute Gasteiger partial charge is 0.144 e. The first-order valence-corrected chi connectivity index (χ1v) is 6.83. The van der Waals surface area contributed by atoms with Crippen molar-refractivity contribution >= 4 is 11.6 Å². The lowest BCUT2D eigenvalue weighted by atomic mass is 9.85. The van der Waals surface area contributed by atoms with Gasteiger partial charge in [0.2, 0.25) is 0 Å². The van der Waals surface area contributed by atoms with Crippen LogP contribution in [0.3, 0.4) is 0 Å². The van der Waals surface area contributed by atoms with Crippen LogP contribution in [0, 0.1) is 17.2 Å². The molecule has 0 spiro atoms. The van der Waals surface area contributed by atoms with Gasteiger partial charge in [-0.05, 0) is 35.9 Å². The van der Waals surface area contributed by atoms with E-state index in [0.717, 1.165) is 13.1 Å². The van der Waals surface area contributed by atoms with Crippen LogP contribution >= 0.6 is 11.6 Å². The molecule has 0 aliphatic heterocycles. The first-order chi connectivity index (χ1) is 8.32. The summed E-state index contributed by atoms with van der Waals surface area (Å²) in [6.45, 7) is 10.5. The van der Waals surface area contributed by atoms with Crippen molar-refractivity contribution in [3.63, 3.8) is 0 Å². The van der Waals surface area contributed by atoms with Crippen molar-refractivity contribution in [3.05, 3.63) is 34.6 Å². The summed E-state index contributed by atoms with van der Waals surface area (Å²) in [6, 6.07) is 5.20. The molecule has 0 saturated carbocycles. The Hall–Kier alpha value is -0.600. The van der Waals surface area contributed by atoms with Gasteiger partial charge in [0, 0.05) is 6.54 Å². The maximum atomic E-state index is 13.8. The summed E-state index contributed by atoms with van der Waals surface area (Å²) in [7, 11) is 0. The SMILES string of the molecule is CC(C)CNCC(C)(C)Cc1cccc(Cl)c1F. The maximum absolute atomic E-state index is 13.8. The van der Waals surface area contributed by atoms with Gasteiger partial charge in [0.05, 0.1) is 5.02 Å². The molecule has 0 atom stereocenters. The molecule has 0 unspecified atom stereocenters. The summed E-state index contributed by atoms with van der Waals surface area (Å²) in [5.74, 6) is 0.347. The highest BCUT2D eigenvalue weighted by Gasteiger charge is 2.20. The molecular formula is C15H23ClFN. The summed E-state index contributed by atoms with van der Waals surface area (Å²) < 4.78 is 13.8. The average molecular weight is 272 g/mol. The van der Waals surface area contributed by atoms with E-state index in [9.17, 15) is 4.39 Å². The molecule has 0 bridgehead atoms. The van der Waals surface area contributed by atoms with E-state index >= 15 is 0 Å². The molecule has 102 valence electrons. The number of benzene rings is 1. The molecule has 3 heteroatoms. The van der Waals surface area contributed by atoms with E-state index in [1.54, 1.807) is 12.1 Å². The standard InChI is InChI=1S/C15H23ClFN/c1-11(2)9-18-10-15(3,4)8-12-6-5-7-13(16)14(12)17/h5-7,11,18H,8-10H2,1-4H3. The van der Waals surface area contributed by atoms with Crippen LogP contribution in [0.15, 0.2) is 18.2 Å². The molecule has 0 heterocycles. The Bertz CT molecular complexity index is 388. The fourth-order valence-corrected chi connectivity index (χ4v) is 2.16. The molecule has 0 aliphatic rings. The van der Waals surface area contributed by atoms with Crippen LogP contribution in [-0.2, 0) is 6.42 Å². The van der Waals surface area contributed by atoms with E-state index in [0.29, 0.717) is 17.9 Å². The zero-order valence-corrected chi connectivity index (χ0v) is 12.4. The van der Waals surface area contributed by atoms with Gasteiger partial charge < -0.3 is 5.32 Å². The Morgan fingerprint density at radius 1 is 1.33 bits per heavy atom. The molecule has 18 heavy (non-hydrogen) atoms. The van der Waals surface area contributed by atoms with Crippen molar-refractivity contribution in [2.45, 2.75) is 34.1 Å². The highest BCUT2D eigenvalue weighted by Crippen LogP contribution is 2.26. The fourth-order valence-electron chi connectivity index (χ4n) is 1.96. The van der Waals surface area contributed by atoms with E-state index in [1.165, 1.54) is 0 Å². The summed E-state index contributed by atoms with van der Waals surface area (Å²) in [5.41, 5.74) is 0.708. The molecule has 0 aromatic heterocycles.